The lowest BCUT2D eigenvalue weighted by Gasteiger charge is -2.39. The highest BCUT2D eigenvalue weighted by Crippen LogP contribution is 2.18. The fourth-order valence-corrected chi connectivity index (χ4v) is 2.63. The Morgan fingerprint density at radius 1 is 1.35 bits per heavy atom. The number of nitrogens with zero attached hydrogens (tertiary/aromatic N) is 2. The Bertz CT molecular complexity index is 339. The van der Waals surface area contributed by atoms with Crippen LogP contribution in [0.3, 0.4) is 0 Å². The minimum Gasteiger partial charge on any atom is -0.481 e. The SMILES string of the molecule is CC(C)N1CCC(N(C)C(=O)C(N)CCC(=O)O)CC1. The Hall–Kier alpha value is -1.14. The van der Waals surface area contributed by atoms with Gasteiger partial charge in [-0.1, -0.05) is 0 Å². The quantitative estimate of drug-likeness (QED) is 0.742. The highest BCUT2D eigenvalue weighted by molar-refractivity contribution is 5.82. The second-order valence-electron chi connectivity index (χ2n) is 5.85. The first-order valence-corrected chi connectivity index (χ1v) is 7.31. The molecule has 0 aliphatic carbocycles. The summed E-state index contributed by atoms with van der Waals surface area (Å²) in [5.74, 6) is -1.06. The number of carboxylic acid groups (broad SMARTS) is 1. The molecule has 0 spiro atoms. The number of likely N-dealkylation sites (N-methyl/N-ethyl adjacent to an activating group) is 1. The van der Waals surface area contributed by atoms with Gasteiger partial charge >= 0.3 is 5.97 Å². The van der Waals surface area contributed by atoms with E-state index in [1.54, 1.807) is 11.9 Å². The Kier molecular flexibility index (Phi) is 6.42. The van der Waals surface area contributed by atoms with E-state index in [9.17, 15) is 9.59 Å². The van der Waals surface area contributed by atoms with Gasteiger partial charge in [-0.05, 0) is 33.1 Å². The molecule has 3 N–H and O–H groups in total. The van der Waals surface area contributed by atoms with Crippen LogP contribution in [-0.4, -0.2) is 65.0 Å². The van der Waals surface area contributed by atoms with Crippen LogP contribution in [0.4, 0.5) is 0 Å². The van der Waals surface area contributed by atoms with Crippen molar-refractivity contribution >= 4 is 11.9 Å². The molecule has 0 aromatic rings. The molecule has 1 rings (SSSR count). The molecule has 0 radical (unpaired) electrons. The monoisotopic (exact) mass is 285 g/mol. The molecule has 1 aliphatic rings. The Balaban J connectivity index is 2.43. The smallest absolute Gasteiger partial charge is 0.303 e. The van der Waals surface area contributed by atoms with Crippen molar-refractivity contribution in [3.8, 4) is 0 Å². The first-order valence-electron chi connectivity index (χ1n) is 7.31. The number of rotatable bonds is 6. The zero-order valence-electron chi connectivity index (χ0n) is 12.7. The van der Waals surface area contributed by atoms with Crippen molar-refractivity contribution in [1.82, 2.24) is 9.80 Å². The van der Waals surface area contributed by atoms with E-state index in [0.717, 1.165) is 25.9 Å². The molecule has 1 saturated heterocycles. The van der Waals surface area contributed by atoms with Crippen LogP contribution >= 0.6 is 0 Å². The molecule has 116 valence electrons. The molecule has 0 aromatic heterocycles. The number of carboxylic acids is 1. The van der Waals surface area contributed by atoms with Gasteiger partial charge < -0.3 is 20.6 Å². The van der Waals surface area contributed by atoms with Gasteiger partial charge in [0.1, 0.15) is 0 Å². The van der Waals surface area contributed by atoms with Crippen LogP contribution < -0.4 is 5.73 Å². The maximum atomic E-state index is 12.2. The third kappa shape index (κ3) is 4.76. The van der Waals surface area contributed by atoms with Gasteiger partial charge in [-0.25, -0.2) is 0 Å². The number of hydrogen-bond donors (Lipinski definition) is 2. The molecule has 0 saturated carbocycles. The molecule has 6 heteroatoms. The molecule has 1 atom stereocenters. The van der Waals surface area contributed by atoms with Crippen molar-refractivity contribution in [1.29, 1.82) is 0 Å². The van der Waals surface area contributed by atoms with E-state index in [-0.39, 0.29) is 24.8 Å². The molecule has 1 unspecified atom stereocenters. The largest absolute Gasteiger partial charge is 0.481 e. The summed E-state index contributed by atoms with van der Waals surface area (Å²) in [5, 5.41) is 8.63. The number of carbonyl (C=O) groups is 2. The minimum atomic E-state index is -0.916. The van der Waals surface area contributed by atoms with E-state index < -0.39 is 12.0 Å². The summed E-state index contributed by atoms with van der Waals surface area (Å²) >= 11 is 0. The molecule has 0 aromatic carbocycles. The van der Waals surface area contributed by atoms with Crippen molar-refractivity contribution in [3.05, 3.63) is 0 Å². The number of nitrogens with two attached hydrogens (primary N) is 1. The van der Waals surface area contributed by atoms with Crippen molar-refractivity contribution in [2.45, 2.75) is 57.7 Å². The van der Waals surface area contributed by atoms with E-state index in [4.69, 9.17) is 10.8 Å². The van der Waals surface area contributed by atoms with Gasteiger partial charge in [-0.2, -0.15) is 0 Å². The topological polar surface area (TPSA) is 86.9 Å². The predicted molar refractivity (Wildman–Crippen MR) is 77.3 cm³/mol. The van der Waals surface area contributed by atoms with Crippen molar-refractivity contribution in [2.75, 3.05) is 20.1 Å². The van der Waals surface area contributed by atoms with Gasteiger partial charge in [0.25, 0.3) is 0 Å². The van der Waals surface area contributed by atoms with E-state index >= 15 is 0 Å². The lowest BCUT2D eigenvalue weighted by Crippen LogP contribution is -2.51. The second-order valence-corrected chi connectivity index (χ2v) is 5.85. The molecule has 1 aliphatic heterocycles. The van der Waals surface area contributed by atoms with Gasteiger partial charge in [0.15, 0.2) is 0 Å². The summed E-state index contributed by atoms with van der Waals surface area (Å²) < 4.78 is 0. The lowest BCUT2D eigenvalue weighted by atomic mass is 10.0. The van der Waals surface area contributed by atoms with Crippen molar-refractivity contribution < 1.29 is 14.7 Å². The van der Waals surface area contributed by atoms with Crippen LogP contribution in [0.5, 0.6) is 0 Å². The van der Waals surface area contributed by atoms with Gasteiger partial charge in [-0.15, -0.1) is 0 Å². The standard InChI is InChI=1S/C14H27N3O3/c1-10(2)17-8-6-11(7-9-17)16(3)14(20)12(15)4-5-13(18)19/h10-12H,4-9,15H2,1-3H3,(H,18,19). The molecule has 0 bridgehead atoms. The predicted octanol–water partition coefficient (Wildman–Crippen LogP) is 0.510. The van der Waals surface area contributed by atoms with Crippen LogP contribution in [0.15, 0.2) is 0 Å². The number of likely N-dealkylation sites (tertiary alicyclic amines) is 1. The Morgan fingerprint density at radius 3 is 2.35 bits per heavy atom. The van der Waals surface area contributed by atoms with E-state index in [0.29, 0.717) is 6.04 Å². The van der Waals surface area contributed by atoms with Gasteiger partial charge in [-0.3, -0.25) is 9.59 Å². The number of aliphatic carboxylic acids is 1. The second kappa shape index (κ2) is 7.59. The lowest BCUT2D eigenvalue weighted by molar-refractivity contribution is -0.138. The third-order valence-electron chi connectivity index (χ3n) is 4.11. The summed E-state index contributed by atoms with van der Waals surface area (Å²) in [4.78, 5) is 26.8. The van der Waals surface area contributed by atoms with Gasteiger partial charge in [0.05, 0.1) is 6.04 Å². The molecule has 1 amide bonds. The molecular weight excluding hydrogens is 258 g/mol. The van der Waals surface area contributed by atoms with Crippen LogP contribution in [0.25, 0.3) is 0 Å². The molecular formula is C14H27N3O3. The normalized spacial score (nSPS) is 19.1. The Labute approximate surface area is 120 Å². The number of carbonyl (C=O) groups excluding carboxylic acids is 1. The number of hydrogen-bond acceptors (Lipinski definition) is 4. The molecule has 1 heterocycles. The van der Waals surface area contributed by atoms with Crippen molar-refractivity contribution in [2.24, 2.45) is 5.73 Å². The van der Waals surface area contributed by atoms with E-state index in [1.807, 2.05) is 0 Å². The van der Waals surface area contributed by atoms with Gasteiger partial charge in [0.2, 0.25) is 5.91 Å². The van der Waals surface area contributed by atoms with Crippen LogP contribution in [-0.2, 0) is 9.59 Å². The van der Waals surface area contributed by atoms with Crippen LogP contribution in [0.1, 0.15) is 39.5 Å². The zero-order chi connectivity index (χ0) is 15.3. The van der Waals surface area contributed by atoms with Gasteiger partial charge in [0, 0.05) is 38.6 Å². The molecule has 1 fully saturated rings. The summed E-state index contributed by atoms with van der Waals surface area (Å²) in [6.07, 6.45) is 2.04. The highest BCUT2D eigenvalue weighted by atomic mass is 16.4. The Morgan fingerprint density at radius 2 is 1.90 bits per heavy atom. The van der Waals surface area contributed by atoms with Crippen LogP contribution in [0, 0.1) is 0 Å². The average Bonchev–Trinajstić information content (AvgIpc) is 2.43. The third-order valence-corrected chi connectivity index (χ3v) is 4.11. The molecule has 20 heavy (non-hydrogen) atoms. The summed E-state index contributed by atoms with van der Waals surface area (Å²) in [7, 11) is 1.78. The maximum absolute atomic E-state index is 12.2. The number of amides is 1. The maximum Gasteiger partial charge on any atom is 0.303 e. The minimum absolute atomic E-state index is 0.0630. The molecule has 6 nitrogen and oxygen atoms in total. The summed E-state index contributed by atoms with van der Waals surface area (Å²) in [5.41, 5.74) is 5.78. The average molecular weight is 285 g/mol. The number of piperidine rings is 1. The fraction of sp³-hybridized carbons (Fsp3) is 0.857. The first kappa shape index (κ1) is 16.9. The van der Waals surface area contributed by atoms with E-state index in [2.05, 4.69) is 18.7 Å². The summed E-state index contributed by atoms with van der Waals surface area (Å²) in [6.45, 7) is 6.34. The summed E-state index contributed by atoms with van der Waals surface area (Å²) in [6, 6.07) is 0.0439. The fourth-order valence-electron chi connectivity index (χ4n) is 2.63. The zero-order valence-corrected chi connectivity index (χ0v) is 12.7. The van der Waals surface area contributed by atoms with Crippen molar-refractivity contribution in [3.63, 3.8) is 0 Å². The van der Waals surface area contributed by atoms with Crippen LogP contribution in [0.2, 0.25) is 0 Å². The highest BCUT2D eigenvalue weighted by Gasteiger charge is 2.28. The van der Waals surface area contributed by atoms with E-state index in [1.165, 1.54) is 0 Å². The first-order chi connectivity index (χ1) is 9.32.